The highest BCUT2D eigenvalue weighted by atomic mass is 35.5. The lowest BCUT2D eigenvalue weighted by Crippen LogP contribution is -2.49. The molecule has 2 fully saturated rings. The third-order valence-electron chi connectivity index (χ3n) is 7.78. The van der Waals surface area contributed by atoms with E-state index in [-0.39, 0.29) is 30.2 Å². The molecule has 2 aliphatic rings. The molecule has 7 rings (SSSR count). The summed E-state index contributed by atoms with van der Waals surface area (Å²) in [4.78, 5) is 30.3. The number of rotatable bonds is 5. The van der Waals surface area contributed by atoms with Crippen molar-refractivity contribution in [2.45, 2.75) is 44.1 Å². The summed E-state index contributed by atoms with van der Waals surface area (Å²) in [6.45, 7) is 0.975. The highest BCUT2D eigenvalue weighted by molar-refractivity contribution is 6.30. The number of nitrogens with one attached hydrogen (secondary N) is 1. The third-order valence-corrected chi connectivity index (χ3v) is 7.99. The van der Waals surface area contributed by atoms with Gasteiger partial charge in [-0.1, -0.05) is 22.8 Å². The van der Waals surface area contributed by atoms with Gasteiger partial charge in [-0.3, -0.25) is 14.5 Å². The Kier molecular flexibility index (Phi) is 6.69. The molecular formula is C28H22ClF4N7O3. The summed E-state index contributed by atoms with van der Waals surface area (Å²) in [5.74, 6) is -1.53. The predicted octanol–water partition coefficient (Wildman–Crippen LogP) is 5.45. The second-order valence-corrected chi connectivity index (χ2v) is 10.9. The Hall–Kier alpha value is -4.30. The van der Waals surface area contributed by atoms with Gasteiger partial charge >= 0.3 is 11.9 Å². The van der Waals surface area contributed by atoms with Crippen LogP contribution < -0.4 is 10.7 Å². The van der Waals surface area contributed by atoms with Crippen LogP contribution in [-0.2, 0) is 17.5 Å². The third kappa shape index (κ3) is 5.03. The van der Waals surface area contributed by atoms with Crippen molar-refractivity contribution in [2.24, 2.45) is 0 Å². The number of H-pyrrole nitrogens is 1. The topological polar surface area (TPSA) is 115 Å². The molecular weight excluding hydrogens is 594 g/mol. The Morgan fingerprint density at radius 3 is 2.72 bits per heavy atom. The Morgan fingerprint density at radius 1 is 1.12 bits per heavy atom. The van der Waals surface area contributed by atoms with Crippen LogP contribution in [0, 0.1) is 5.82 Å². The van der Waals surface area contributed by atoms with E-state index in [9.17, 15) is 22.4 Å². The Bertz CT molecular complexity index is 1900. The van der Waals surface area contributed by atoms with Crippen LogP contribution >= 0.6 is 11.6 Å². The Morgan fingerprint density at radius 2 is 1.98 bits per heavy atom. The molecule has 0 unspecified atom stereocenters. The normalized spacial score (nSPS) is 18.9. The van der Waals surface area contributed by atoms with E-state index in [2.05, 4.69) is 20.0 Å². The zero-order valence-corrected chi connectivity index (χ0v) is 23.0. The van der Waals surface area contributed by atoms with E-state index in [1.165, 1.54) is 12.3 Å². The number of hydrogen-bond acceptors (Lipinski definition) is 8. The average Bonchev–Trinajstić information content (AvgIpc) is 3.70. The first-order valence-electron chi connectivity index (χ1n) is 13.5. The van der Waals surface area contributed by atoms with Gasteiger partial charge in [0.15, 0.2) is 0 Å². The lowest BCUT2D eigenvalue weighted by atomic mass is 10.1. The van der Waals surface area contributed by atoms with Crippen LogP contribution in [0.4, 0.5) is 23.5 Å². The minimum Gasteiger partial charge on any atom is -0.374 e. The molecule has 0 amide bonds. The largest absolute Gasteiger partial charge is 0.439 e. The lowest BCUT2D eigenvalue weighted by Gasteiger charge is -2.38. The molecule has 0 radical (unpaired) electrons. The van der Waals surface area contributed by atoms with Crippen molar-refractivity contribution in [3.63, 3.8) is 0 Å². The van der Waals surface area contributed by atoms with E-state index >= 15 is 0 Å². The molecule has 15 heteroatoms. The number of halogens is 5. The second kappa shape index (κ2) is 10.5. The maximum Gasteiger partial charge on any atom is 0.439 e. The van der Waals surface area contributed by atoms with Gasteiger partial charge in [0.1, 0.15) is 11.5 Å². The first-order valence-corrected chi connectivity index (χ1v) is 13.9. The van der Waals surface area contributed by atoms with Crippen LogP contribution in [0.1, 0.15) is 30.4 Å². The molecule has 2 atom stereocenters. The van der Waals surface area contributed by atoms with E-state index in [1.54, 1.807) is 18.3 Å². The summed E-state index contributed by atoms with van der Waals surface area (Å²) in [6.07, 6.45) is 0.948. The van der Waals surface area contributed by atoms with Crippen LogP contribution in [0.5, 0.6) is 0 Å². The van der Waals surface area contributed by atoms with Gasteiger partial charge in [0.2, 0.25) is 11.8 Å². The van der Waals surface area contributed by atoms with E-state index in [4.69, 9.17) is 30.8 Å². The van der Waals surface area contributed by atoms with Crippen LogP contribution in [0.3, 0.4) is 0 Å². The number of imidazole rings is 1. The number of morpholine rings is 1. The first kappa shape index (κ1) is 27.5. The molecule has 1 saturated heterocycles. The molecule has 1 aromatic carbocycles. The van der Waals surface area contributed by atoms with Gasteiger partial charge in [-0.25, -0.2) is 19.2 Å². The van der Waals surface area contributed by atoms with Crippen molar-refractivity contribution in [3.05, 3.63) is 75.2 Å². The molecule has 4 aromatic heterocycles. The lowest BCUT2D eigenvalue weighted by molar-refractivity contribution is -0.140. The average molecular weight is 616 g/mol. The van der Waals surface area contributed by atoms with Crippen molar-refractivity contribution in [3.8, 4) is 22.8 Å². The SMILES string of the molecule is O=c1[nH]c(-c2cc3nc(N4CCO[C@H]5CCC[C@@H]54)n(Cc4ccc(C(F)(F)F)c(F)c4)c3c(-c3cncc(Cl)c3)n2)no1. The van der Waals surface area contributed by atoms with Crippen LogP contribution in [0.2, 0.25) is 5.02 Å². The molecule has 5 aromatic rings. The zero-order valence-electron chi connectivity index (χ0n) is 22.2. The van der Waals surface area contributed by atoms with Crippen molar-refractivity contribution in [1.29, 1.82) is 0 Å². The molecule has 0 bridgehead atoms. The van der Waals surface area contributed by atoms with Gasteiger partial charge in [-0.2, -0.15) is 13.2 Å². The number of fused-ring (bicyclic) bond motifs is 2. The van der Waals surface area contributed by atoms with Crippen LogP contribution in [0.25, 0.3) is 33.8 Å². The minimum atomic E-state index is -4.82. The number of alkyl halides is 3. The molecule has 5 heterocycles. The number of pyridine rings is 2. The standard InChI is InChI=1S/C28H22ClF4N7O3/c29-16-9-15(11-34-12-16)23-24-19(10-20(35-23)25-37-27(41)43-38-25)36-26(39-6-7-42-22-3-1-2-21(22)39)40(24)13-14-4-5-17(18(30)8-14)28(31,32)33/h4-5,8-12,21-22H,1-3,6-7,13H2,(H,37,38,41)/t21-,22-/m0/s1. The summed E-state index contributed by atoms with van der Waals surface area (Å²) in [6, 6.07) is 6.20. The zero-order chi connectivity index (χ0) is 29.9. The van der Waals surface area contributed by atoms with Gasteiger partial charge < -0.3 is 14.2 Å². The second-order valence-electron chi connectivity index (χ2n) is 10.5. The van der Waals surface area contributed by atoms with Crippen LogP contribution in [0.15, 0.2) is 52.0 Å². The number of hydrogen-bond donors (Lipinski definition) is 1. The van der Waals surface area contributed by atoms with Gasteiger partial charge in [-0.15, -0.1) is 0 Å². The molecule has 0 spiro atoms. The monoisotopic (exact) mass is 615 g/mol. The number of ether oxygens (including phenoxy) is 1. The first-order chi connectivity index (χ1) is 20.7. The van der Waals surface area contributed by atoms with Crippen molar-refractivity contribution in [1.82, 2.24) is 29.7 Å². The fraction of sp³-hybridized carbons (Fsp3) is 0.321. The molecule has 1 N–H and O–H groups in total. The van der Waals surface area contributed by atoms with E-state index in [0.717, 1.165) is 31.4 Å². The summed E-state index contributed by atoms with van der Waals surface area (Å²) in [7, 11) is 0. The maximum atomic E-state index is 14.7. The minimum absolute atomic E-state index is 0.0102. The van der Waals surface area contributed by atoms with E-state index in [1.807, 2.05) is 4.57 Å². The molecule has 10 nitrogen and oxygen atoms in total. The number of aromatic nitrogens is 6. The number of anilines is 1. The quantitative estimate of drug-likeness (QED) is 0.260. The Labute approximate surface area is 245 Å². The van der Waals surface area contributed by atoms with Crippen molar-refractivity contribution >= 4 is 28.6 Å². The van der Waals surface area contributed by atoms with Crippen molar-refractivity contribution in [2.75, 3.05) is 18.1 Å². The summed E-state index contributed by atoms with van der Waals surface area (Å²) in [5.41, 5.74) is 1.05. The van der Waals surface area contributed by atoms with Gasteiger partial charge in [0.25, 0.3) is 0 Å². The highest BCUT2D eigenvalue weighted by Crippen LogP contribution is 2.39. The molecule has 43 heavy (non-hydrogen) atoms. The van der Waals surface area contributed by atoms with Gasteiger partial charge in [0.05, 0.1) is 52.6 Å². The molecule has 222 valence electrons. The van der Waals surface area contributed by atoms with E-state index in [0.29, 0.717) is 52.0 Å². The highest BCUT2D eigenvalue weighted by Gasteiger charge is 2.39. The van der Waals surface area contributed by atoms with Crippen molar-refractivity contribution < 1.29 is 26.8 Å². The van der Waals surface area contributed by atoms with E-state index < -0.39 is 23.3 Å². The molecule has 1 saturated carbocycles. The van der Waals surface area contributed by atoms with Crippen LogP contribution in [-0.4, -0.2) is 55.0 Å². The summed E-state index contributed by atoms with van der Waals surface area (Å²) < 4.78 is 67.2. The van der Waals surface area contributed by atoms with Gasteiger partial charge in [-0.05, 0) is 49.1 Å². The summed E-state index contributed by atoms with van der Waals surface area (Å²) >= 11 is 6.29. The maximum absolute atomic E-state index is 14.7. The number of benzene rings is 1. The smallest absolute Gasteiger partial charge is 0.374 e. The Balaban J connectivity index is 1.47. The summed E-state index contributed by atoms with van der Waals surface area (Å²) in [5, 5.41) is 4.11. The fourth-order valence-electron chi connectivity index (χ4n) is 5.96. The molecule has 1 aliphatic heterocycles. The number of nitrogens with zero attached hydrogens (tertiary/aromatic N) is 6. The molecule has 1 aliphatic carbocycles. The fourth-order valence-corrected chi connectivity index (χ4v) is 6.13. The van der Waals surface area contributed by atoms with Gasteiger partial charge in [0, 0.05) is 24.5 Å². The predicted molar refractivity (Wildman–Crippen MR) is 147 cm³/mol. The number of aromatic amines is 1.